The van der Waals surface area contributed by atoms with E-state index in [-0.39, 0.29) is 17.0 Å². The number of furan rings is 1. The molecule has 0 spiro atoms. The molecule has 0 saturated heterocycles. The van der Waals surface area contributed by atoms with Gasteiger partial charge < -0.3 is 13.9 Å². The second-order valence-corrected chi connectivity index (χ2v) is 6.24. The highest BCUT2D eigenvalue weighted by Gasteiger charge is 2.20. The highest BCUT2D eigenvalue weighted by atomic mass is 32.1. The molecule has 0 aliphatic carbocycles. The third kappa shape index (κ3) is 3.43. The third-order valence-electron chi connectivity index (χ3n) is 3.52. The van der Waals surface area contributed by atoms with Crippen LogP contribution in [0.25, 0.3) is 0 Å². The molecule has 0 N–H and O–H groups in total. The Balaban J connectivity index is 1.91. The SMILES string of the molecule is Cn1cccc(C(=O)N(Cc2ccoc2)Cc2cccs2)c1=O. The predicted octanol–water partition coefficient (Wildman–Crippen LogP) is 2.88. The van der Waals surface area contributed by atoms with E-state index in [2.05, 4.69) is 0 Å². The molecule has 0 radical (unpaired) electrons. The number of aromatic nitrogens is 1. The van der Waals surface area contributed by atoms with Crippen LogP contribution in [-0.4, -0.2) is 15.4 Å². The Bertz CT molecular complexity index is 799. The molecule has 23 heavy (non-hydrogen) atoms. The molecule has 0 atom stereocenters. The summed E-state index contributed by atoms with van der Waals surface area (Å²) in [5.41, 5.74) is 0.776. The van der Waals surface area contributed by atoms with E-state index in [9.17, 15) is 9.59 Å². The Morgan fingerprint density at radius 2 is 2.13 bits per heavy atom. The van der Waals surface area contributed by atoms with Crippen LogP contribution in [0.3, 0.4) is 0 Å². The van der Waals surface area contributed by atoms with Crippen LogP contribution in [0, 0.1) is 0 Å². The van der Waals surface area contributed by atoms with Crippen LogP contribution >= 0.6 is 11.3 Å². The van der Waals surface area contributed by atoms with Gasteiger partial charge in [-0.25, -0.2) is 0 Å². The van der Waals surface area contributed by atoms with Crippen molar-refractivity contribution in [1.29, 1.82) is 0 Å². The summed E-state index contributed by atoms with van der Waals surface area (Å²) in [6.45, 7) is 0.852. The molecule has 0 fully saturated rings. The van der Waals surface area contributed by atoms with E-state index in [1.54, 1.807) is 54.1 Å². The number of thiophene rings is 1. The number of carbonyl (C=O) groups is 1. The van der Waals surface area contributed by atoms with Gasteiger partial charge >= 0.3 is 0 Å². The molecule has 6 heteroatoms. The Labute approximate surface area is 137 Å². The second-order valence-electron chi connectivity index (χ2n) is 5.21. The molecule has 0 aliphatic rings. The first-order valence-corrected chi connectivity index (χ1v) is 8.01. The van der Waals surface area contributed by atoms with E-state index in [4.69, 9.17) is 4.42 Å². The molecule has 0 unspecified atom stereocenters. The smallest absolute Gasteiger partial charge is 0.263 e. The average molecular weight is 328 g/mol. The fourth-order valence-corrected chi connectivity index (χ4v) is 3.04. The van der Waals surface area contributed by atoms with Crippen molar-refractivity contribution in [3.63, 3.8) is 0 Å². The zero-order chi connectivity index (χ0) is 16.2. The van der Waals surface area contributed by atoms with E-state index in [0.717, 1.165) is 10.4 Å². The predicted molar refractivity (Wildman–Crippen MR) is 88.3 cm³/mol. The summed E-state index contributed by atoms with van der Waals surface area (Å²) in [4.78, 5) is 27.8. The lowest BCUT2D eigenvalue weighted by Crippen LogP contribution is -2.35. The van der Waals surface area contributed by atoms with Gasteiger partial charge in [-0.15, -0.1) is 11.3 Å². The van der Waals surface area contributed by atoms with Gasteiger partial charge in [0.15, 0.2) is 0 Å². The fraction of sp³-hybridized carbons (Fsp3) is 0.176. The van der Waals surface area contributed by atoms with Gasteiger partial charge in [0, 0.05) is 30.2 Å². The Morgan fingerprint density at radius 3 is 2.83 bits per heavy atom. The molecule has 5 nitrogen and oxygen atoms in total. The summed E-state index contributed by atoms with van der Waals surface area (Å²) < 4.78 is 6.49. The van der Waals surface area contributed by atoms with Crippen molar-refractivity contribution in [2.45, 2.75) is 13.1 Å². The lowest BCUT2D eigenvalue weighted by Gasteiger charge is -2.21. The van der Waals surface area contributed by atoms with Crippen molar-refractivity contribution >= 4 is 17.2 Å². The molecular formula is C17H16N2O3S. The van der Waals surface area contributed by atoms with Gasteiger partial charge in [-0.2, -0.15) is 0 Å². The summed E-state index contributed by atoms with van der Waals surface area (Å²) >= 11 is 1.58. The molecule has 0 aliphatic heterocycles. The first kappa shape index (κ1) is 15.3. The fourth-order valence-electron chi connectivity index (χ4n) is 2.32. The van der Waals surface area contributed by atoms with Gasteiger partial charge in [-0.05, 0) is 29.6 Å². The van der Waals surface area contributed by atoms with Crippen LogP contribution in [0.15, 0.2) is 63.6 Å². The zero-order valence-electron chi connectivity index (χ0n) is 12.6. The zero-order valence-corrected chi connectivity index (χ0v) is 13.5. The van der Waals surface area contributed by atoms with E-state index in [1.807, 2.05) is 23.6 Å². The number of carbonyl (C=O) groups excluding carboxylic acids is 1. The summed E-state index contributed by atoms with van der Waals surface area (Å²) in [6, 6.07) is 9.01. The largest absolute Gasteiger partial charge is 0.472 e. The van der Waals surface area contributed by atoms with Crippen molar-refractivity contribution in [2.24, 2.45) is 7.05 Å². The van der Waals surface area contributed by atoms with Crippen LogP contribution in [-0.2, 0) is 20.1 Å². The highest BCUT2D eigenvalue weighted by molar-refractivity contribution is 7.09. The maximum Gasteiger partial charge on any atom is 0.263 e. The van der Waals surface area contributed by atoms with Gasteiger partial charge in [0.1, 0.15) is 5.56 Å². The molecule has 3 aromatic rings. The number of rotatable bonds is 5. The summed E-state index contributed by atoms with van der Waals surface area (Å²) in [5, 5.41) is 1.97. The average Bonchev–Trinajstić information content (AvgIpc) is 3.22. The van der Waals surface area contributed by atoms with Crippen molar-refractivity contribution in [3.8, 4) is 0 Å². The molecule has 0 bridgehead atoms. The number of pyridine rings is 1. The highest BCUT2D eigenvalue weighted by Crippen LogP contribution is 2.16. The van der Waals surface area contributed by atoms with Crippen LogP contribution < -0.4 is 5.56 Å². The number of hydrogen-bond donors (Lipinski definition) is 0. The minimum Gasteiger partial charge on any atom is -0.472 e. The number of nitrogens with zero attached hydrogens (tertiary/aromatic N) is 2. The van der Waals surface area contributed by atoms with Crippen LogP contribution in [0.1, 0.15) is 20.8 Å². The lowest BCUT2D eigenvalue weighted by atomic mass is 10.2. The van der Waals surface area contributed by atoms with Crippen molar-refractivity contribution in [2.75, 3.05) is 0 Å². The molecule has 0 aromatic carbocycles. The Kier molecular flexibility index (Phi) is 4.43. The van der Waals surface area contributed by atoms with Gasteiger partial charge in [0.2, 0.25) is 0 Å². The van der Waals surface area contributed by atoms with Crippen molar-refractivity contribution in [3.05, 3.63) is 80.8 Å². The van der Waals surface area contributed by atoms with Crippen molar-refractivity contribution in [1.82, 2.24) is 9.47 Å². The molecule has 118 valence electrons. The second kappa shape index (κ2) is 6.66. The molecule has 0 saturated carbocycles. The van der Waals surface area contributed by atoms with Crippen LogP contribution in [0.4, 0.5) is 0 Å². The van der Waals surface area contributed by atoms with E-state index >= 15 is 0 Å². The minimum atomic E-state index is -0.291. The molecular weight excluding hydrogens is 312 g/mol. The van der Waals surface area contributed by atoms with Gasteiger partial charge in [0.25, 0.3) is 11.5 Å². The van der Waals surface area contributed by atoms with E-state index in [1.165, 1.54) is 4.57 Å². The number of amides is 1. The van der Waals surface area contributed by atoms with Gasteiger partial charge in [-0.1, -0.05) is 6.07 Å². The maximum absolute atomic E-state index is 12.9. The van der Waals surface area contributed by atoms with E-state index in [0.29, 0.717) is 13.1 Å². The van der Waals surface area contributed by atoms with Gasteiger partial charge in [-0.3, -0.25) is 9.59 Å². The van der Waals surface area contributed by atoms with E-state index < -0.39 is 0 Å². The molecule has 3 heterocycles. The monoisotopic (exact) mass is 328 g/mol. The summed E-state index contributed by atoms with van der Waals surface area (Å²) in [6.07, 6.45) is 4.82. The Morgan fingerprint density at radius 1 is 1.26 bits per heavy atom. The molecule has 3 rings (SSSR count). The topological polar surface area (TPSA) is 55.5 Å². The van der Waals surface area contributed by atoms with Crippen LogP contribution in [0.5, 0.6) is 0 Å². The third-order valence-corrected chi connectivity index (χ3v) is 4.38. The first-order chi connectivity index (χ1) is 11.1. The summed E-state index contributed by atoms with van der Waals surface area (Å²) in [7, 11) is 1.64. The number of aryl methyl sites for hydroxylation is 1. The number of hydrogen-bond acceptors (Lipinski definition) is 4. The van der Waals surface area contributed by atoms with Crippen molar-refractivity contribution < 1.29 is 9.21 Å². The first-order valence-electron chi connectivity index (χ1n) is 7.13. The lowest BCUT2D eigenvalue weighted by molar-refractivity contribution is 0.0729. The maximum atomic E-state index is 12.9. The van der Waals surface area contributed by atoms with Crippen LogP contribution in [0.2, 0.25) is 0 Å². The standard InChI is InChI=1S/C17H16N2O3S/c1-18-7-2-5-15(16(18)20)17(21)19(10-13-6-8-22-12-13)11-14-4-3-9-23-14/h2-9,12H,10-11H2,1H3. The Hall–Kier alpha value is -2.60. The normalized spacial score (nSPS) is 10.7. The molecule has 1 amide bonds. The molecule has 3 aromatic heterocycles. The van der Waals surface area contributed by atoms with Gasteiger partial charge in [0.05, 0.1) is 19.1 Å². The quantitative estimate of drug-likeness (QED) is 0.724. The minimum absolute atomic E-state index is 0.176. The summed E-state index contributed by atoms with van der Waals surface area (Å²) in [5.74, 6) is -0.277.